The van der Waals surface area contributed by atoms with Crippen LogP contribution in [0.1, 0.15) is 41.6 Å². The summed E-state index contributed by atoms with van der Waals surface area (Å²) >= 11 is 4.10. The first-order chi connectivity index (χ1) is 12.3. The van der Waals surface area contributed by atoms with E-state index >= 15 is 0 Å². The SMILES string of the molecule is CCOC(=O)c1c(NC(=O)CSc2nnc(NC(C)C)s2)sc(C)c1C. The molecule has 1 amide bonds. The van der Waals surface area contributed by atoms with E-state index in [9.17, 15) is 9.59 Å². The number of esters is 1. The first-order valence-corrected chi connectivity index (χ1v) is 10.7. The van der Waals surface area contributed by atoms with E-state index in [4.69, 9.17) is 4.74 Å². The van der Waals surface area contributed by atoms with Gasteiger partial charge in [-0.1, -0.05) is 23.1 Å². The zero-order chi connectivity index (χ0) is 19.3. The average molecular weight is 415 g/mol. The molecule has 2 aromatic heterocycles. The van der Waals surface area contributed by atoms with Crippen LogP contribution in [0.15, 0.2) is 4.34 Å². The summed E-state index contributed by atoms with van der Waals surface area (Å²) in [6.45, 7) is 9.86. The molecule has 2 N–H and O–H groups in total. The Hall–Kier alpha value is -1.65. The molecular weight excluding hydrogens is 392 g/mol. The third-order valence-electron chi connectivity index (χ3n) is 3.26. The highest BCUT2D eigenvalue weighted by Crippen LogP contribution is 2.33. The van der Waals surface area contributed by atoms with Gasteiger partial charge in [-0.2, -0.15) is 0 Å². The van der Waals surface area contributed by atoms with E-state index in [0.29, 0.717) is 21.5 Å². The van der Waals surface area contributed by atoms with Gasteiger partial charge in [-0.25, -0.2) is 4.79 Å². The number of nitrogens with zero attached hydrogens (tertiary/aromatic N) is 2. The first-order valence-electron chi connectivity index (χ1n) is 8.11. The van der Waals surface area contributed by atoms with Gasteiger partial charge in [0.25, 0.3) is 0 Å². The van der Waals surface area contributed by atoms with Crippen molar-refractivity contribution in [3.63, 3.8) is 0 Å². The fourth-order valence-electron chi connectivity index (χ4n) is 2.03. The molecule has 0 fully saturated rings. The fraction of sp³-hybridized carbons (Fsp3) is 0.500. The van der Waals surface area contributed by atoms with E-state index in [1.54, 1.807) is 6.92 Å². The molecule has 0 aromatic carbocycles. The highest BCUT2D eigenvalue weighted by atomic mass is 32.2. The van der Waals surface area contributed by atoms with Crippen LogP contribution in [-0.4, -0.2) is 40.5 Å². The lowest BCUT2D eigenvalue weighted by Gasteiger charge is -2.06. The summed E-state index contributed by atoms with van der Waals surface area (Å²) in [5.41, 5.74) is 1.27. The van der Waals surface area contributed by atoms with Crippen molar-refractivity contribution in [3.05, 3.63) is 16.0 Å². The van der Waals surface area contributed by atoms with Gasteiger partial charge in [-0.3, -0.25) is 4.79 Å². The molecule has 26 heavy (non-hydrogen) atoms. The van der Waals surface area contributed by atoms with Crippen molar-refractivity contribution >= 4 is 56.4 Å². The van der Waals surface area contributed by atoms with E-state index in [1.165, 1.54) is 34.4 Å². The predicted octanol–water partition coefficient (Wildman–Crippen LogP) is 3.94. The standard InChI is InChI=1S/C16H22N4O3S3/c1-6-23-14(22)12-9(4)10(5)25-13(12)18-11(21)7-24-16-20-19-15(26-16)17-8(2)3/h8H,6-7H2,1-5H3,(H,17,19)(H,18,21). The lowest BCUT2D eigenvalue weighted by molar-refractivity contribution is -0.113. The molecule has 0 aliphatic heterocycles. The van der Waals surface area contributed by atoms with Gasteiger partial charge in [0.1, 0.15) is 5.00 Å². The third kappa shape index (κ3) is 5.42. The van der Waals surface area contributed by atoms with E-state index in [1.807, 2.05) is 27.7 Å². The van der Waals surface area contributed by atoms with Crippen molar-refractivity contribution in [1.82, 2.24) is 10.2 Å². The zero-order valence-electron chi connectivity index (χ0n) is 15.3. The van der Waals surface area contributed by atoms with Crippen molar-refractivity contribution in [2.24, 2.45) is 0 Å². The molecule has 2 rings (SSSR count). The first kappa shape index (κ1) is 20.7. The second kappa shape index (κ2) is 9.33. The maximum atomic E-state index is 12.3. The minimum Gasteiger partial charge on any atom is -0.462 e. The molecule has 0 radical (unpaired) electrons. The van der Waals surface area contributed by atoms with E-state index in [0.717, 1.165) is 15.6 Å². The van der Waals surface area contributed by atoms with Gasteiger partial charge in [0, 0.05) is 10.9 Å². The Bertz CT molecular complexity index is 786. The number of aryl methyl sites for hydroxylation is 1. The van der Waals surface area contributed by atoms with Crippen LogP contribution in [0.3, 0.4) is 0 Å². The van der Waals surface area contributed by atoms with Crippen molar-refractivity contribution < 1.29 is 14.3 Å². The number of carbonyl (C=O) groups is 2. The summed E-state index contributed by atoms with van der Waals surface area (Å²) in [5, 5.41) is 15.3. The van der Waals surface area contributed by atoms with Crippen molar-refractivity contribution in [1.29, 1.82) is 0 Å². The number of thioether (sulfide) groups is 1. The zero-order valence-corrected chi connectivity index (χ0v) is 17.8. The van der Waals surface area contributed by atoms with Gasteiger partial charge in [0.05, 0.1) is 17.9 Å². The number of thiophene rings is 1. The Morgan fingerprint density at radius 2 is 1.96 bits per heavy atom. The smallest absolute Gasteiger partial charge is 0.341 e. The number of nitrogens with one attached hydrogen (secondary N) is 2. The summed E-state index contributed by atoms with van der Waals surface area (Å²) in [7, 11) is 0. The molecule has 0 aliphatic rings. The van der Waals surface area contributed by atoms with Gasteiger partial charge >= 0.3 is 5.97 Å². The number of rotatable bonds is 8. The molecule has 2 heterocycles. The lowest BCUT2D eigenvalue weighted by Crippen LogP contribution is -2.16. The highest BCUT2D eigenvalue weighted by molar-refractivity contribution is 8.01. The average Bonchev–Trinajstić information content (AvgIpc) is 3.10. The molecule has 0 saturated carbocycles. The lowest BCUT2D eigenvalue weighted by atomic mass is 10.1. The number of anilines is 2. The van der Waals surface area contributed by atoms with Gasteiger partial charge in [0.2, 0.25) is 11.0 Å². The van der Waals surface area contributed by atoms with Gasteiger partial charge in [0.15, 0.2) is 4.34 Å². The van der Waals surface area contributed by atoms with Gasteiger partial charge in [-0.05, 0) is 40.2 Å². The van der Waals surface area contributed by atoms with Crippen molar-refractivity contribution in [3.8, 4) is 0 Å². The quantitative estimate of drug-likeness (QED) is 0.499. The summed E-state index contributed by atoms with van der Waals surface area (Å²) < 4.78 is 5.81. The van der Waals surface area contributed by atoms with Crippen molar-refractivity contribution in [2.75, 3.05) is 23.0 Å². The van der Waals surface area contributed by atoms with Gasteiger partial charge < -0.3 is 15.4 Å². The van der Waals surface area contributed by atoms with Crippen LogP contribution >= 0.6 is 34.4 Å². The fourth-order valence-corrected chi connectivity index (χ4v) is 4.79. The number of hydrogen-bond acceptors (Lipinski definition) is 9. The van der Waals surface area contributed by atoms with Crippen LogP contribution < -0.4 is 10.6 Å². The second-order valence-corrected chi connectivity index (χ2v) is 9.14. The third-order valence-corrected chi connectivity index (χ3v) is 6.37. The summed E-state index contributed by atoms with van der Waals surface area (Å²) in [4.78, 5) is 25.4. The topological polar surface area (TPSA) is 93.2 Å². The highest BCUT2D eigenvalue weighted by Gasteiger charge is 2.22. The molecule has 0 unspecified atom stereocenters. The molecule has 0 atom stereocenters. The van der Waals surface area contributed by atoms with E-state index < -0.39 is 5.97 Å². The van der Waals surface area contributed by atoms with Crippen LogP contribution in [0.2, 0.25) is 0 Å². The largest absolute Gasteiger partial charge is 0.462 e. The number of amides is 1. The predicted molar refractivity (Wildman–Crippen MR) is 108 cm³/mol. The summed E-state index contributed by atoms with van der Waals surface area (Å²) in [5.74, 6) is -0.421. The van der Waals surface area contributed by atoms with Crippen LogP contribution in [0.5, 0.6) is 0 Å². The Labute approximate surface area is 164 Å². The van der Waals surface area contributed by atoms with E-state index in [2.05, 4.69) is 20.8 Å². The molecule has 0 aliphatic carbocycles. The molecule has 0 saturated heterocycles. The number of aromatic nitrogens is 2. The molecular formula is C16H22N4O3S3. The van der Waals surface area contributed by atoms with Gasteiger partial charge in [-0.15, -0.1) is 21.5 Å². The molecule has 7 nitrogen and oxygen atoms in total. The maximum absolute atomic E-state index is 12.3. The van der Waals surface area contributed by atoms with Crippen LogP contribution in [0.4, 0.5) is 10.1 Å². The van der Waals surface area contributed by atoms with Crippen molar-refractivity contribution in [2.45, 2.75) is 45.0 Å². The molecule has 142 valence electrons. The minimum atomic E-state index is -0.411. The Morgan fingerprint density at radius 3 is 2.62 bits per heavy atom. The Morgan fingerprint density at radius 1 is 1.23 bits per heavy atom. The second-order valence-electron chi connectivity index (χ2n) is 5.72. The molecule has 0 bridgehead atoms. The van der Waals surface area contributed by atoms with Crippen LogP contribution in [-0.2, 0) is 9.53 Å². The number of ether oxygens (including phenoxy) is 1. The van der Waals surface area contributed by atoms with Crippen LogP contribution in [0, 0.1) is 13.8 Å². The normalized spacial score (nSPS) is 10.8. The number of hydrogen-bond donors (Lipinski definition) is 2. The van der Waals surface area contributed by atoms with Crippen LogP contribution in [0.25, 0.3) is 0 Å². The summed E-state index contributed by atoms with van der Waals surface area (Å²) in [6, 6.07) is 0.274. The number of carbonyl (C=O) groups excluding carboxylic acids is 2. The summed E-state index contributed by atoms with van der Waals surface area (Å²) in [6.07, 6.45) is 0. The monoisotopic (exact) mass is 414 g/mol. The molecule has 0 spiro atoms. The maximum Gasteiger partial charge on any atom is 0.341 e. The molecule has 2 aromatic rings. The van der Waals surface area contributed by atoms with E-state index in [-0.39, 0.29) is 17.7 Å². The minimum absolute atomic E-state index is 0.189. The Kier molecular flexibility index (Phi) is 7.42. The Balaban J connectivity index is 1.98. The molecule has 10 heteroatoms.